The van der Waals surface area contributed by atoms with Gasteiger partial charge < -0.3 is 5.11 Å². The molecule has 28 heavy (non-hydrogen) atoms. The zero-order valence-corrected chi connectivity index (χ0v) is 16.2. The standard InChI is InChI=1S/C18H16F3NO4S2/c1-16(12-5-3-2-4-6-12)11-17(16,15(23)24)22-28(25,26)14-8-7-13(27-14)9-10-18(19,20)21/h2-10,22H,11H2,1H3,(H,23,24)/b10-9-/t16-,17-/m1/s1. The van der Waals surface area contributed by atoms with E-state index in [2.05, 4.69) is 4.72 Å². The first kappa shape index (κ1) is 20.6. The average molecular weight is 431 g/mol. The highest BCUT2D eigenvalue weighted by molar-refractivity contribution is 7.91. The van der Waals surface area contributed by atoms with Crippen LogP contribution < -0.4 is 4.72 Å². The van der Waals surface area contributed by atoms with Crippen molar-refractivity contribution in [2.24, 2.45) is 0 Å². The SMILES string of the molecule is C[C@]1(c2ccccc2)C[C@@]1(NS(=O)(=O)c1ccc(/C=C\C(F)(F)F)s1)C(=O)O. The molecule has 1 fully saturated rings. The maximum absolute atomic E-state index is 12.7. The first-order valence-corrected chi connectivity index (χ1v) is 10.4. The number of alkyl halides is 3. The van der Waals surface area contributed by atoms with E-state index in [0.717, 1.165) is 12.1 Å². The molecule has 150 valence electrons. The summed E-state index contributed by atoms with van der Waals surface area (Å²) in [5.41, 5.74) is -1.98. The van der Waals surface area contributed by atoms with Crippen LogP contribution in [0.2, 0.25) is 0 Å². The minimum absolute atomic E-state index is 0.00869. The third-order valence-corrected chi connectivity index (χ3v) is 7.86. The molecule has 0 unspecified atom stereocenters. The first-order chi connectivity index (χ1) is 12.9. The number of hydrogen-bond acceptors (Lipinski definition) is 4. The summed E-state index contributed by atoms with van der Waals surface area (Å²) < 4.78 is 64.3. The molecule has 1 saturated carbocycles. The van der Waals surface area contributed by atoms with E-state index in [1.165, 1.54) is 6.07 Å². The number of nitrogens with one attached hydrogen (secondary N) is 1. The van der Waals surface area contributed by atoms with Crippen LogP contribution >= 0.6 is 11.3 Å². The van der Waals surface area contributed by atoms with Crippen molar-refractivity contribution in [2.45, 2.75) is 34.7 Å². The van der Waals surface area contributed by atoms with Crippen molar-refractivity contribution in [1.82, 2.24) is 4.72 Å². The van der Waals surface area contributed by atoms with Crippen LogP contribution in [0.15, 0.2) is 52.7 Å². The smallest absolute Gasteiger partial charge is 0.409 e. The number of aliphatic carboxylic acids is 1. The quantitative estimate of drug-likeness (QED) is 0.729. The lowest BCUT2D eigenvalue weighted by atomic mass is 9.93. The molecular formula is C18H16F3NO4S2. The Morgan fingerprint density at radius 2 is 1.86 bits per heavy atom. The molecule has 0 amide bonds. The van der Waals surface area contributed by atoms with Gasteiger partial charge in [0.25, 0.3) is 10.0 Å². The number of hydrogen-bond donors (Lipinski definition) is 2. The summed E-state index contributed by atoms with van der Waals surface area (Å²) in [7, 11) is -4.24. The Hall–Kier alpha value is -2.17. The summed E-state index contributed by atoms with van der Waals surface area (Å²) in [5.74, 6) is -1.31. The van der Waals surface area contributed by atoms with Crippen LogP contribution in [0, 0.1) is 0 Å². The number of halogens is 3. The second kappa shape index (κ2) is 6.71. The van der Waals surface area contributed by atoms with Crippen molar-refractivity contribution in [3.8, 4) is 0 Å². The van der Waals surface area contributed by atoms with Gasteiger partial charge in [0.15, 0.2) is 0 Å². The number of carboxylic acids is 1. The Morgan fingerprint density at radius 3 is 2.43 bits per heavy atom. The van der Waals surface area contributed by atoms with E-state index in [1.807, 2.05) is 0 Å². The van der Waals surface area contributed by atoms with Crippen LogP contribution in [0.25, 0.3) is 6.08 Å². The van der Waals surface area contributed by atoms with Gasteiger partial charge in [0.1, 0.15) is 9.75 Å². The van der Waals surface area contributed by atoms with E-state index in [-0.39, 0.29) is 21.6 Å². The summed E-state index contributed by atoms with van der Waals surface area (Å²) in [6.45, 7) is 1.66. The molecule has 0 radical (unpaired) electrons. The highest BCUT2D eigenvalue weighted by Crippen LogP contribution is 2.58. The van der Waals surface area contributed by atoms with E-state index in [0.29, 0.717) is 16.9 Å². The monoisotopic (exact) mass is 431 g/mol. The van der Waals surface area contributed by atoms with Crippen molar-refractivity contribution in [2.75, 3.05) is 0 Å². The predicted molar refractivity (Wildman–Crippen MR) is 98.5 cm³/mol. The Kier molecular flexibility index (Phi) is 4.93. The molecule has 2 atom stereocenters. The van der Waals surface area contributed by atoms with Crippen molar-refractivity contribution in [3.63, 3.8) is 0 Å². The topological polar surface area (TPSA) is 83.5 Å². The fraction of sp³-hybridized carbons (Fsp3) is 0.278. The van der Waals surface area contributed by atoms with Gasteiger partial charge in [-0.25, -0.2) is 8.42 Å². The van der Waals surface area contributed by atoms with Crippen molar-refractivity contribution in [3.05, 3.63) is 59.0 Å². The maximum Gasteiger partial charge on any atom is 0.409 e. The number of benzene rings is 1. The van der Waals surface area contributed by atoms with Gasteiger partial charge in [-0.2, -0.15) is 17.9 Å². The highest BCUT2D eigenvalue weighted by Gasteiger charge is 2.72. The molecule has 10 heteroatoms. The molecule has 0 saturated heterocycles. The lowest BCUT2D eigenvalue weighted by Gasteiger charge is -2.20. The molecular weight excluding hydrogens is 415 g/mol. The van der Waals surface area contributed by atoms with Crippen LogP contribution in [0.4, 0.5) is 13.2 Å². The Labute approximate surface area is 163 Å². The van der Waals surface area contributed by atoms with Gasteiger partial charge in [0, 0.05) is 16.4 Å². The zero-order chi connectivity index (χ0) is 20.8. The van der Waals surface area contributed by atoms with Crippen LogP contribution in [-0.4, -0.2) is 31.2 Å². The molecule has 2 N–H and O–H groups in total. The van der Waals surface area contributed by atoms with Crippen LogP contribution in [0.3, 0.4) is 0 Å². The van der Waals surface area contributed by atoms with Crippen molar-refractivity contribution >= 4 is 33.4 Å². The number of sulfonamides is 1. The summed E-state index contributed by atoms with van der Waals surface area (Å²) in [6.07, 6.45) is -3.68. The second-order valence-electron chi connectivity index (χ2n) is 6.72. The summed E-state index contributed by atoms with van der Waals surface area (Å²) in [6, 6.07) is 11.1. The Balaban J connectivity index is 1.88. The molecule has 2 aromatic rings. The summed E-state index contributed by atoms with van der Waals surface area (Å²) >= 11 is 0.626. The van der Waals surface area contributed by atoms with Gasteiger partial charge in [-0.3, -0.25) is 4.79 Å². The van der Waals surface area contributed by atoms with Gasteiger partial charge in [-0.15, -0.1) is 11.3 Å². The van der Waals surface area contributed by atoms with Gasteiger partial charge in [0.2, 0.25) is 0 Å². The van der Waals surface area contributed by atoms with Crippen LogP contribution in [0.1, 0.15) is 23.8 Å². The molecule has 1 aliphatic carbocycles. The normalized spacial score (nSPS) is 25.1. The van der Waals surface area contributed by atoms with Gasteiger partial charge in [-0.1, -0.05) is 37.3 Å². The minimum atomic E-state index is -4.51. The van der Waals surface area contributed by atoms with E-state index in [1.54, 1.807) is 37.3 Å². The molecule has 0 spiro atoms. The largest absolute Gasteiger partial charge is 0.480 e. The molecule has 0 aliphatic heterocycles. The number of thiophene rings is 1. The van der Waals surface area contributed by atoms with Crippen LogP contribution in [0.5, 0.6) is 0 Å². The molecule has 5 nitrogen and oxygen atoms in total. The molecule has 1 aromatic heterocycles. The second-order valence-corrected chi connectivity index (χ2v) is 9.75. The number of allylic oxidation sites excluding steroid dienone is 1. The van der Waals surface area contributed by atoms with E-state index >= 15 is 0 Å². The number of rotatable bonds is 6. The average Bonchev–Trinajstić information content (AvgIpc) is 2.98. The van der Waals surface area contributed by atoms with Crippen LogP contribution in [-0.2, 0) is 20.2 Å². The third-order valence-electron chi connectivity index (χ3n) is 4.82. The summed E-state index contributed by atoms with van der Waals surface area (Å²) in [5, 5.41) is 9.73. The fourth-order valence-electron chi connectivity index (χ4n) is 3.17. The maximum atomic E-state index is 12.7. The number of carbonyl (C=O) groups is 1. The Bertz CT molecular complexity index is 1030. The Morgan fingerprint density at radius 1 is 1.21 bits per heavy atom. The molecule has 3 rings (SSSR count). The zero-order valence-electron chi connectivity index (χ0n) is 14.5. The van der Waals surface area contributed by atoms with E-state index in [9.17, 15) is 31.5 Å². The van der Waals surface area contributed by atoms with E-state index < -0.39 is 33.1 Å². The summed E-state index contributed by atoms with van der Waals surface area (Å²) in [4.78, 5) is 12.0. The van der Waals surface area contributed by atoms with Gasteiger partial charge in [-0.05, 0) is 30.2 Å². The third kappa shape index (κ3) is 3.71. The molecule has 1 heterocycles. The van der Waals surface area contributed by atoms with E-state index in [4.69, 9.17) is 0 Å². The first-order valence-electron chi connectivity index (χ1n) is 8.08. The minimum Gasteiger partial charge on any atom is -0.480 e. The molecule has 1 aromatic carbocycles. The number of carboxylic acid groups (broad SMARTS) is 1. The predicted octanol–water partition coefficient (Wildman–Crippen LogP) is 3.79. The highest BCUT2D eigenvalue weighted by atomic mass is 32.2. The molecule has 1 aliphatic rings. The molecule has 0 bridgehead atoms. The van der Waals surface area contributed by atoms with Gasteiger partial charge >= 0.3 is 12.1 Å². The van der Waals surface area contributed by atoms with Crippen molar-refractivity contribution < 1.29 is 31.5 Å². The van der Waals surface area contributed by atoms with Crippen molar-refractivity contribution in [1.29, 1.82) is 0 Å². The lowest BCUT2D eigenvalue weighted by molar-refractivity contribution is -0.140. The lowest BCUT2D eigenvalue weighted by Crippen LogP contribution is -2.47. The fourth-order valence-corrected chi connectivity index (χ4v) is 5.85. The van der Waals surface area contributed by atoms with Gasteiger partial charge in [0.05, 0.1) is 0 Å².